The van der Waals surface area contributed by atoms with Crippen molar-refractivity contribution in [3.8, 4) is 6.07 Å². The lowest BCUT2D eigenvalue weighted by molar-refractivity contribution is -0.118. The summed E-state index contributed by atoms with van der Waals surface area (Å²) in [6, 6.07) is 4.20. The molecule has 1 fully saturated rings. The largest absolute Gasteiger partial charge is 0.330 e. The van der Waals surface area contributed by atoms with Crippen molar-refractivity contribution in [1.29, 1.82) is 5.26 Å². The molecule has 0 spiro atoms. The van der Waals surface area contributed by atoms with Crippen LogP contribution in [0.25, 0.3) is 0 Å². The van der Waals surface area contributed by atoms with Crippen molar-refractivity contribution in [2.75, 3.05) is 25.0 Å². The summed E-state index contributed by atoms with van der Waals surface area (Å²) in [5.74, 6) is 0.420. The van der Waals surface area contributed by atoms with E-state index in [4.69, 9.17) is 11.0 Å². The van der Waals surface area contributed by atoms with Gasteiger partial charge >= 0.3 is 0 Å². The van der Waals surface area contributed by atoms with Crippen molar-refractivity contribution < 1.29 is 4.79 Å². The molecular weight excluding hydrogens is 272 g/mol. The number of carbonyl (C=O) groups excluding carboxylic acids is 1. The maximum atomic E-state index is 12.1. The van der Waals surface area contributed by atoms with E-state index in [9.17, 15) is 4.79 Å². The Morgan fingerprint density at radius 1 is 1.65 bits per heavy atom. The van der Waals surface area contributed by atoms with Crippen LogP contribution < -0.4 is 11.1 Å². The van der Waals surface area contributed by atoms with Crippen molar-refractivity contribution in [2.45, 2.75) is 25.8 Å². The summed E-state index contributed by atoms with van der Waals surface area (Å²) in [7, 11) is 0. The molecule has 1 amide bonds. The molecule has 2 rings (SSSR count). The van der Waals surface area contributed by atoms with Gasteiger partial charge in [-0.05, 0) is 43.7 Å². The van der Waals surface area contributed by atoms with Gasteiger partial charge in [-0.15, -0.1) is 11.3 Å². The number of carbonyl (C=O) groups is 1. The fourth-order valence-corrected chi connectivity index (χ4v) is 3.27. The number of nitriles is 1. The first-order chi connectivity index (χ1) is 9.63. The quantitative estimate of drug-likeness (QED) is 0.883. The fourth-order valence-electron chi connectivity index (χ4n) is 2.52. The standard InChI is InChI=1S/C14H20N4OS/c1-10-2-3-11(6-15)8-18(10)9-13(19)17-14-12(7-16)4-5-20-14/h4-5,10-11H,2-3,6,8-9,15H2,1H3,(H,17,19). The average molecular weight is 292 g/mol. The molecule has 2 unspecified atom stereocenters. The highest BCUT2D eigenvalue weighted by molar-refractivity contribution is 7.14. The third-order valence-electron chi connectivity index (χ3n) is 3.83. The topological polar surface area (TPSA) is 82.2 Å². The Kier molecular flexibility index (Phi) is 5.12. The molecule has 1 aromatic rings. The van der Waals surface area contributed by atoms with Crippen LogP contribution in [0, 0.1) is 17.2 Å². The molecule has 1 aromatic heterocycles. The van der Waals surface area contributed by atoms with Crippen LogP contribution in [-0.4, -0.2) is 36.5 Å². The zero-order valence-electron chi connectivity index (χ0n) is 11.6. The predicted molar refractivity (Wildman–Crippen MR) is 80.5 cm³/mol. The van der Waals surface area contributed by atoms with Gasteiger partial charge in [-0.2, -0.15) is 5.26 Å². The lowest BCUT2D eigenvalue weighted by Gasteiger charge is -2.37. The minimum atomic E-state index is -0.0616. The first-order valence-electron chi connectivity index (χ1n) is 6.85. The van der Waals surface area contributed by atoms with Crippen LogP contribution in [0.15, 0.2) is 11.4 Å². The van der Waals surface area contributed by atoms with Crippen molar-refractivity contribution >= 4 is 22.2 Å². The third kappa shape index (κ3) is 3.57. The molecular formula is C14H20N4OS. The second kappa shape index (κ2) is 6.84. The molecule has 1 saturated heterocycles. The molecule has 2 atom stereocenters. The minimum Gasteiger partial charge on any atom is -0.330 e. The number of likely N-dealkylation sites (tertiary alicyclic amines) is 1. The number of piperidine rings is 1. The number of thiophene rings is 1. The number of rotatable bonds is 4. The lowest BCUT2D eigenvalue weighted by Crippen LogP contribution is -2.47. The summed E-state index contributed by atoms with van der Waals surface area (Å²) in [4.78, 5) is 14.3. The van der Waals surface area contributed by atoms with Crippen LogP contribution in [0.2, 0.25) is 0 Å². The van der Waals surface area contributed by atoms with E-state index in [1.165, 1.54) is 11.3 Å². The highest BCUT2D eigenvalue weighted by atomic mass is 32.1. The molecule has 6 heteroatoms. The maximum Gasteiger partial charge on any atom is 0.239 e. The Balaban J connectivity index is 1.92. The van der Waals surface area contributed by atoms with Gasteiger partial charge in [0.15, 0.2) is 0 Å². The van der Waals surface area contributed by atoms with E-state index in [0.717, 1.165) is 19.4 Å². The van der Waals surface area contributed by atoms with E-state index in [-0.39, 0.29) is 5.91 Å². The summed E-state index contributed by atoms with van der Waals surface area (Å²) in [5.41, 5.74) is 6.25. The number of nitrogens with zero attached hydrogens (tertiary/aromatic N) is 2. The second-order valence-electron chi connectivity index (χ2n) is 5.28. The number of amides is 1. The van der Waals surface area contributed by atoms with Crippen molar-refractivity contribution in [1.82, 2.24) is 4.90 Å². The zero-order valence-corrected chi connectivity index (χ0v) is 12.4. The molecule has 108 valence electrons. The van der Waals surface area contributed by atoms with Crippen LogP contribution >= 0.6 is 11.3 Å². The fraction of sp³-hybridized carbons (Fsp3) is 0.571. The van der Waals surface area contributed by atoms with Crippen molar-refractivity contribution in [3.05, 3.63) is 17.0 Å². The van der Waals surface area contributed by atoms with Gasteiger partial charge in [-0.3, -0.25) is 9.69 Å². The molecule has 0 aliphatic carbocycles. The minimum absolute atomic E-state index is 0.0616. The summed E-state index contributed by atoms with van der Waals surface area (Å²) in [6.45, 7) is 4.06. The Bertz CT molecular complexity index is 508. The van der Waals surface area contributed by atoms with E-state index in [1.807, 2.05) is 5.38 Å². The van der Waals surface area contributed by atoms with Gasteiger partial charge in [-0.1, -0.05) is 0 Å². The van der Waals surface area contributed by atoms with Crippen LogP contribution in [0.1, 0.15) is 25.3 Å². The highest BCUT2D eigenvalue weighted by Gasteiger charge is 2.26. The monoisotopic (exact) mass is 292 g/mol. The SMILES string of the molecule is CC1CCC(CN)CN1CC(=O)Nc1sccc1C#N. The number of hydrogen-bond acceptors (Lipinski definition) is 5. The van der Waals surface area contributed by atoms with E-state index >= 15 is 0 Å². The van der Waals surface area contributed by atoms with Crippen molar-refractivity contribution in [3.63, 3.8) is 0 Å². The Morgan fingerprint density at radius 3 is 3.15 bits per heavy atom. The third-order valence-corrected chi connectivity index (χ3v) is 4.66. The number of nitrogens with two attached hydrogens (primary N) is 1. The normalized spacial score (nSPS) is 23.2. The molecule has 20 heavy (non-hydrogen) atoms. The number of anilines is 1. The summed E-state index contributed by atoms with van der Waals surface area (Å²) < 4.78 is 0. The van der Waals surface area contributed by atoms with E-state index in [2.05, 4.69) is 23.2 Å². The van der Waals surface area contributed by atoms with Gasteiger partial charge in [0.05, 0.1) is 12.1 Å². The Labute approximate surface area is 123 Å². The van der Waals surface area contributed by atoms with Crippen LogP contribution in [0.3, 0.4) is 0 Å². The average Bonchev–Trinajstić information content (AvgIpc) is 2.88. The van der Waals surface area contributed by atoms with Gasteiger partial charge in [0.1, 0.15) is 11.1 Å². The molecule has 1 aliphatic rings. The van der Waals surface area contributed by atoms with Gasteiger partial charge in [0.2, 0.25) is 5.91 Å². The molecule has 2 heterocycles. The van der Waals surface area contributed by atoms with Crippen LogP contribution in [0.5, 0.6) is 0 Å². The van der Waals surface area contributed by atoms with E-state index in [1.54, 1.807) is 6.07 Å². The second-order valence-corrected chi connectivity index (χ2v) is 6.20. The van der Waals surface area contributed by atoms with Gasteiger partial charge in [0.25, 0.3) is 0 Å². The predicted octanol–water partition coefficient (Wildman–Crippen LogP) is 1.62. The summed E-state index contributed by atoms with van der Waals surface area (Å²) in [5, 5.41) is 14.2. The van der Waals surface area contributed by atoms with Gasteiger partial charge < -0.3 is 11.1 Å². The van der Waals surface area contributed by atoms with Crippen LogP contribution in [-0.2, 0) is 4.79 Å². The molecule has 1 aliphatic heterocycles. The maximum absolute atomic E-state index is 12.1. The van der Waals surface area contributed by atoms with Crippen LogP contribution in [0.4, 0.5) is 5.00 Å². The zero-order chi connectivity index (χ0) is 14.5. The first-order valence-corrected chi connectivity index (χ1v) is 7.73. The molecule has 0 saturated carbocycles. The number of nitrogens with one attached hydrogen (secondary N) is 1. The van der Waals surface area contributed by atoms with Gasteiger partial charge in [-0.25, -0.2) is 0 Å². The smallest absolute Gasteiger partial charge is 0.239 e. The number of hydrogen-bond donors (Lipinski definition) is 2. The molecule has 0 aromatic carbocycles. The summed E-state index contributed by atoms with van der Waals surface area (Å²) in [6.07, 6.45) is 2.22. The van der Waals surface area contributed by atoms with E-state index in [0.29, 0.717) is 35.6 Å². The Morgan fingerprint density at radius 2 is 2.45 bits per heavy atom. The lowest BCUT2D eigenvalue weighted by atomic mass is 9.93. The first kappa shape index (κ1) is 15.0. The molecule has 0 radical (unpaired) electrons. The van der Waals surface area contributed by atoms with Gasteiger partial charge in [0, 0.05) is 12.6 Å². The Hall–Kier alpha value is -1.42. The summed E-state index contributed by atoms with van der Waals surface area (Å²) >= 11 is 1.38. The highest BCUT2D eigenvalue weighted by Crippen LogP contribution is 2.23. The van der Waals surface area contributed by atoms with Crippen molar-refractivity contribution in [2.24, 2.45) is 11.7 Å². The molecule has 3 N–H and O–H groups in total. The molecule has 0 bridgehead atoms. The molecule has 5 nitrogen and oxygen atoms in total. The van der Waals surface area contributed by atoms with E-state index < -0.39 is 0 Å².